The van der Waals surface area contributed by atoms with Crippen molar-refractivity contribution in [3.05, 3.63) is 35.3 Å². The smallest absolute Gasteiger partial charge is 0.145 e. The highest BCUT2D eigenvalue weighted by Crippen LogP contribution is 2.44. The van der Waals surface area contributed by atoms with Crippen molar-refractivity contribution in [2.45, 2.75) is 17.1 Å². The molecule has 1 unspecified atom stereocenters. The van der Waals surface area contributed by atoms with Gasteiger partial charge in [0.15, 0.2) is 0 Å². The van der Waals surface area contributed by atoms with Crippen molar-refractivity contribution in [3.63, 3.8) is 0 Å². The summed E-state index contributed by atoms with van der Waals surface area (Å²) in [6.07, 6.45) is 6.76. The van der Waals surface area contributed by atoms with Gasteiger partial charge < -0.3 is 9.84 Å². The fraction of sp³-hybridized carbons (Fsp3) is 0.455. The highest BCUT2D eigenvalue weighted by Gasteiger charge is 2.34. The van der Waals surface area contributed by atoms with E-state index in [1.165, 1.54) is 17.9 Å². The first-order valence-electron chi connectivity index (χ1n) is 5.07. The summed E-state index contributed by atoms with van der Waals surface area (Å²) < 4.78 is 5.77. The molecule has 4 heteroatoms. The molecule has 1 N–H and O–H groups in total. The minimum Gasteiger partial charge on any atom is -0.508 e. The summed E-state index contributed by atoms with van der Waals surface area (Å²) in [5.74, 6) is 2.81. The number of thioether (sulfide) groups is 2. The van der Waals surface area contributed by atoms with Crippen LogP contribution in [0.4, 0.5) is 0 Å². The van der Waals surface area contributed by atoms with Crippen LogP contribution in [0.25, 0.3) is 0 Å². The number of aliphatic hydroxyl groups is 1. The van der Waals surface area contributed by atoms with Gasteiger partial charge in [0.05, 0.1) is 10.8 Å². The standard InChI is InChI=1S/C11H12O2S2/c12-8-6-9-7(2-3-13-9)10(8)11-14-4-1-5-15-11/h2-3,6,9,11-12H,1,4-5H2. The summed E-state index contributed by atoms with van der Waals surface area (Å²) in [5.41, 5.74) is 2.24. The first-order valence-corrected chi connectivity index (χ1v) is 7.16. The van der Waals surface area contributed by atoms with Gasteiger partial charge in [0.25, 0.3) is 0 Å². The molecule has 0 aromatic carbocycles. The zero-order chi connectivity index (χ0) is 10.3. The van der Waals surface area contributed by atoms with E-state index in [4.69, 9.17) is 4.74 Å². The third kappa shape index (κ3) is 1.60. The Morgan fingerprint density at radius 2 is 2.13 bits per heavy atom. The lowest BCUT2D eigenvalue weighted by atomic mass is 10.1. The van der Waals surface area contributed by atoms with E-state index < -0.39 is 0 Å². The van der Waals surface area contributed by atoms with Crippen LogP contribution in [-0.2, 0) is 4.74 Å². The topological polar surface area (TPSA) is 29.5 Å². The minimum absolute atomic E-state index is 0.0249. The predicted molar refractivity (Wildman–Crippen MR) is 65.1 cm³/mol. The van der Waals surface area contributed by atoms with Crippen LogP contribution in [0.3, 0.4) is 0 Å². The molecule has 2 aliphatic heterocycles. The Labute approximate surface area is 97.5 Å². The van der Waals surface area contributed by atoms with E-state index in [0.717, 1.165) is 11.1 Å². The molecule has 80 valence electrons. The molecule has 0 amide bonds. The van der Waals surface area contributed by atoms with Gasteiger partial charge in [-0.1, -0.05) is 0 Å². The molecule has 0 saturated carbocycles. The molecular weight excluding hydrogens is 228 g/mol. The number of ether oxygens (including phenoxy) is 1. The molecule has 0 bridgehead atoms. The normalized spacial score (nSPS) is 30.4. The van der Waals surface area contributed by atoms with Gasteiger partial charge in [-0.05, 0) is 24.0 Å². The van der Waals surface area contributed by atoms with Gasteiger partial charge in [-0.2, -0.15) is 0 Å². The average Bonchev–Trinajstić information content (AvgIpc) is 2.78. The lowest BCUT2D eigenvalue weighted by Crippen LogP contribution is -2.12. The monoisotopic (exact) mass is 240 g/mol. The lowest BCUT2D eigenvalue weighted by Gasteiger charge is -2.22. The van der Waals surface area contributed by atoms with Crippen LogP contribution >= 0.6 is 23.5 Å². The molecule has 2 nitrogen and oxygen atoms in total. The maximum absolute atomic E-state index is 9.91. The number of fused-ring (bicyclic) bond motifs is 1. The van der Waals surface area contributed by atoms with E-state index in [9.17, 15) is 5.11 Å². The number of aliphatic hydroxyl groups excluding tert-OH is 1. The third-order valence-corrected chi connectivity index (χ3v) is 5.68. The maximum Gasteiger partial charge on any atom is 0.145 e. The Balaban J connectivity index is 1.92. The number of rotatable bonds is 1. The molecule has 15 heavy (non-hydrogen) atoms. The zero-order valence-corrected chi connectivity index (χ0v) is 9.81. The van der Waals surface area contributed by atoms with E-state index in [1.54, 1.807) is 12.3 Å². The number of allylic oxidation sites excluding steroid dienone is 1. The van der Waals surface area contributed by atoms with Crippen LogP contribution in [0.5, 0.6) is 0 Å². The van der Waals surface area contributed by atoms with Crippen LogP contribution in [0.1, 0.15) is 6.42 Å². The quantitative estimate of drug-likeness (QED) is 0.763. The molecule has 0 aromatic heterocycles. The van der Waals surface area contributed by atoms with Gasteiger partial charge in [0.1, 0.15) is 11.9 Å². The van der Waals surface area contributed by atoms with Gasteiger partial charge >= 0.3 is 0 Å². The SMILES string of the molecule is OC1=CC2OC=CC2=C1C1SCCCS1. The molecule has 1 fully saturated rings. The van der Waals surface area contributed by atoms with Crippen LogP contribution in [0.15, 0.2) is 35.3 Å². The minimum atomic E-state index is -0.0249. The van der Waals surface area contributed by atoms with Crippen molar-refractivity contribution in [2.24, 2.45) is 0 Å². The van der Waals surface area contributed by atoms with Crippen molar-refractivity contribution < 1.29 is 9.84 Å². The largest absolute Gasteiger partial charge is 0.508 e. The molecule has 0 spiro atoms. The van der Waals surface area contributed by atoms with Gasteiger partial charge in [0.2, 0.25) is 0 Å². The third-order valence-electron chi connectivity index (χ3n) is 2.74. The fourth-order valence-electron chi connectivity index (χ4n) is 2.03. The molecule has 1 aliphatic carbocycles. The molecule has 3 aliphatic rings. The van der Waals surface area contributed by atoms with E-state index in [0.29, 0.717) is 10.3 Å². The highest BCUT2D eigenvalue weighted by atomic mass is 32.2. The van der Waals surface area contributed by atoms with E-state index in [2.05, 4.69) is 0 Å². The molecule has 0 radical (unpaired) electrons. The van der Waals surface area contributed by atoms with Gasteiger partial charge in [0, 0.05) is 17.2 Å². The van der Waals surface area contributed by atoms with Crippen LogP contribution in [0, 0.1) is 0 Å². The summed E-state index contributed by atoms with van der Waals surface area (Å²) in [4.78, 5) is 0. The van der Waals surface area contributed by atoms with Crippen molar-refractivity contribution >= 4 is 23.5 Å². The molecule has 2 heterocycles. The van der Waals surface area contributed by atoms with Crippen molar-refractivity contribution in [3.8, 4) is 0 Å². The summed E-state index contributed by atoms with van der Waals surface area (Å²) >= 11 is 3.86. The lowest BCUT2D eigenvalue weighted by molar-refractivity contribution is 0.238. The molecule has 1 saturated heterocycles. The Kier molecular flexibility index (Phi) is 2.48. The maximum atomic E-state index is 9.91. The first-order chi connectivity index (χ1) is 7.36. The van der Waals surface area contributed by atoms with Gasteiger partial charge in [-0.3, -0.25) is 0 Å². The second kappa shape index (κ2) is 3.83. The Morgan fingerprint density at radius 1 is 1.33 bits per heavy atom. The predicted octanol–water partition coefficient (Wildman–Crippen LogP) is 2.85. The van der Waals surface area contributed by atoms with E-state index in [1.807, 2.05) is 29.6 Å². The van der Waals surface area contributed by atoms with Crippen molar-refractivity contribution in [1.82, 2.24) is 0 Å². The average molecular weight is 240 g/mol. The first kappa shape index (κ1) is 9.73. The summed E-state index contributed by atoms with van der Waals surface area (Å²) in [6.45, 7) is 0. The molecule has 0 aromatic rings. The Bertz CT molecular complexity index is 365. The molecular formula is C11H12O2S2. The van der Waals surface area contributed by atoms with Crippen LogP contribution < -0.4 is 0 Å². The zero-order valence-electron chi connectivity index (χ0n) is 8.18. The van der Waals surface area contributed by atoms with Crippen LogP contribution in [-0.4, -0.2) is 27.3 Å². The second-order valence-corrected chi connectivity index (χ2v) is 6.43. The van der Waals surface area contributed by atoms with Gasteiger partial charge in [-0.15, -0.1) is 23.5 Å². The Hall–Kier alpha value is -0.480. The van der Waals surface area contributed by atoms with Crippen molar-refractivity contribution in [1.29, 1.82) is 0 Å². The van der Waals surface area contributed by atoms with Gasteiger partial charge in [-0.25, -0.2) is 0 Å². The fourth-order valence-corrected chi connectivity index (χ4v) is 5.07. The number of hydrogen-bond acceptors (Lipinski definition) is 4. The molecule has 1 atom stereocenters. The summed E-state index contributed by atoms with van der Waals surface area (Å²) in [6, 6.07) is 0. The Morgan fingerprint density at radius 3 is 2.93 bits per heavy atom. The van der Waals surface area contributed by atoms with E-state index >= 15 is 0 Å². The molecule has 3 rings (SSSR count). The number of hydrogen-bond donors (Lipinski definition) is 1. The van der Waals surface area contributed by atoms with Crippen LogP contribution in [0.2, 0.25) is 0 Å². The summed E-state index contributed by atoms with van der Waals surface area (Å²) in [5, 5.41) is 9.91. The highest BCUT2D eigenvalue weighted by molar-refractivity contribution is 8.17. The van der Waals surface area contributed by atoms with Crippen molar-refractivity contribution in [2.75, 3.05) is 11.5 Å². The van der Waals surface area contributed by atoms with E-state index in [-0.39, 0.29) is 6.10 Å². The summed E-state index contributed by atoms with van der Waals surface area (Å²) in [7, 11) is 0. The second-order valence-electron chi connectivity index (χ2n) is 3.71.